The highest BCUT2D eigenvalue weighted by molar-refractivity contribution is 5.38. The van der Waals surface area contributed by atoms with Gasteiger partial charge in [0.15, 0.2) is 0 Å². The first-order chi connectivity index (χ1) is 8.68. The van der Waals surface area contributed by atoms with Crippen molar-refractivity contribution in [2.24, 2.45) is 0 Å². The topological polar surface area (TPSA) is 53.2 Å². The molecule has 1 N–H and O–H groups in total. The second-order valence-electron chi connectivity index (χ2n) is 5.54. The molecular formula is C15H17NO2. The zero-order valence-electron chi connectivity index (χ0n) is 10.3. The molecule has 0 spiro atoms. The zero-order valence-corrected chi connectivity index (χ0v) is 10.3. The van der Waals surface area contributed by atoms with Gasteiger partial charge in [-0.05, 0) is 24.5 Å². The summed E-state index contributed by atoms with van der Waals surface area (Å²) >= 11 is 0. The molecule has 2 saturated heterocycles. The van der Waals surface area contributed by atoms with Crippen molar-refractivity contribution < 1.29 is 9.84 Å². The van der Waals surface area contributed by atoms with Crippen LogP contribution in [0.2, 0.25) is 0 Å². The van der Waals surface area contributed by atoms with E-state index < -0.39 is 5.60 Å². The molecule has 2 unspecified atom stereocenters. The van der Waals surface area contributed by atoms with Crippen LogP contribution in [0.25, 0.3) is 0 Å². The molecule has 2 aliphatic heterocycles. The van der Waals surface area contributed by atoms with E-state index in [-0.39, 0.29) is 12.2 Å². The molecule has 0 aromatic heterocycles. The molecule has 3 rings (SSSR count). The van der Waals surface area contributed by atoms with Gasteiger partial charge in [-0.2, -0.15) is 5.26 Å². The first-order valence-electron chi connectivity index (χ1n) is 6.54. The number of aliphatic hydroxyl groups is 1. The summed E-state index contributed by atoms with van der Waals surface area (Å²) in [4.78, 5) is 0. The normalized spacial score (nSPS) is 34.2. The maximum Gasteiger partial charge on any atom is 0.0994 e. The molecule has 2 heterocycles. The van der Waals surface area contributed by atoms with Crippen LogP contribution in [0.1, 0.15) is 36.8 Å². The number of rotatable bonds is 2. The smallest absolute Gasteiger partial charge is 0.0994 e. The molecule has 94 valence electrons. The molecule has 3 nitrogen and oxygen atoms in total. The van der Waals surface area contributed by atoms with Gasteiger partial charge in [-0.15, -0.1) is 0 Å². The highest BCUT2D eigenvalue weighted by Crippen LogP contribution is 2.40. The summed E-state index contributed by atoms with van der Waals surface area (Å²) < 4.78 is 5.76. The molecule has 2 fully saturated rings. The van der Waals surface area contributed by atoms with E-state index in [0.29, 0.717) is 24.8 Å². The number of nitriles is 1. The Balaban J connectivity index is 1.81. The van der Waals surface area contributed by atoms with Crippen LogP contribution in [-0.2, 0) is 11.2 Å². The van der Waals surface area contributed by atoms with Crippen molar-refractivity contribution in [2.45, 2.75) is 49.9 Å². The lowest BCUT2D eigenvalue weighted by Gasteiger charge is -2.36. The average Bonchev–Trinajstić information content (AvgIpc) is 2.70. The molecule has 0 amide bonds. The second-order valence-corrected chi connectivity index (χ2v) is 5.54. The van der Waals surface area contributed by atoms with Gasteiger partial charge in [-0.25, -0.2) is 0 Å². The van der Waals surface area contributed by atoms with Crippen molar-refractivity contribution in [2.75, 3.05) is 0 Å². The van der Waals surface area contributed by atoms with Crippen LogP contribution in [0.3, 0.4) is 0 Å². The van der Waals surface area contributed by atoms with E-state index in [1.54, 1.807) is 0 Å². The lowest BCUT2D eigenvalue weighted by molar-refractivity contribution is -0.110. The monoisotopic (exact) mass is 243 g/mol. The Kier molecular flexibility index (Phi) is 2.85. The number of ether oxygens (including phenoxy) is 1. The third-order valence-electron chi connectivity index (χ3n) is 4.07. The second kappa shape index (κ2) is 4.38. The van der Waals surface area contributed by atoms with Crippen molar-refractivity contribution in [3.8, 4) is 6.07 Å². The first kappa shape index (κ1) is 11.7. The van der Waals surface area contributed by atoms with E-state index in [9.17, 15) is 5.11 Å². The maximum absolute atomic E-state index is 10.7. The highest BCUT2D eigenvalue weighted by Gasteiger charge is 2.43. The predicted molar refractivity (Wildman–Crippen MR) is 66.9 cm³/mol. The quantitative estimate of drug-likeness (QED) is 0.866. The van der Waals surface area contributed by atoms with Crippen LogP contribution in [0, 0.1) is 11.3 Å². The molecule has 3 heteroatoms. The first-order valence-corrected chi connectivity index (χ1v) is 6.54. The summed E-state index contributed by atoms with van der Waals surface area (Å²) in [7, 11) is 0. The van der Waals surface area contributed by atoms with E-state index in [1.807, 2.05) is 24.3 Å². The van der Waals surface area contributed by atoms with E-state index in [4.69, 9.17) is 10.00 Å². The molecule has 1 aromatic carbocycles. The number of nitrogens with zero attached hydrogens (tertiary/aromatic N) is 1. The van der Waals surface area contributed by atoms with Gasteiger partial charge < -0.3 is 9.84 Å². The molecule has 18 heavy (non-hydrogen) atoms. The average molecular weight is 243 g/mol. The molecule has 0 saturated carbocycles. The van der Waals surface area contributed by atoms with Crippen molar-refractivity contribution in [3.63, 3.8) is 0 Å². The van der Waals surface area contributed by atoms with Gasteiger partial charge in [0, 0.05) is 19.3 Å². The SMILES string of the molecule is N#Cc1ccccc1CC1(O)CC2CCC(C1)O2. The van der Waals surface area contributed by atoms with Crippen LogP contribution in [-0.4, -0.2) is 22.9 Å². The minimum atomic E-state index is -0.697. The Morgan fingerprint density at radius 2 is 1.94 bits per heavy atom. The molecular weight excluding hydrogens is 226 g/mol. The number of hydrogen-bond acceptors (Lipinski definition) is 3. The van der Waals surface area contributed by atoms with E-state index in [0.717, 1.165) is 18.4 Å². The van der Waals surface area contributed by atoms with Gasteiger partial charge in [0.05, 0.1) is 29.4 Å². The Morgan fingerprint density at radius 1 is 1.28 bits per heavy atom. The maximum atomic E-state index is 10.7. The number of hydrogen-bond donors (Lipinski definition) is 1. The van der Waals surface area contributed by atoms with Gasteiger partial charge in [0.1, 0.15) is 0 Å². The molecule has 0 radical (unpaired) electrons. The lowest BCUT2D eigenvalue weighted by Crippen LogP contribution is -2.42. The fourth-order valence-electron chi connectivity index (χ4n) is 3.29. The summed E-state index contributed by atoms with van der Waals surface area (Å²) in [5, 5.41) is 19.8. The summed E-state index contributed by atoms with van der Waals surface area (Å²) in [6.45, 7) is 0. The largest absolute Gasteiger partial charge is 0.389 e. The minimum Gasteiger partial charge on any atom is -0.389 e. The van der Waals surface area contributed by atoms with Crippen LogP contribution < -0.4 is 0 Å². The van der Waals surface area contributed by atoms with E-state index in [2.05, 4.69) is 6.07 Å². The zero-order chi connectivity index (χ0) is 12.6. The molecule has 2 aliphatic rings. The summed E-state index contributed by atoms with van der Waals surface area (Å²) in [6, 6.07) is 9.73. The summed E-state index contributed by atoms with van der Waals surface area (Å²) in [5.74, 6) is 0. The van der Waals surface area contributed by atoms with E-state index >= 15 is 0 Å². The van der Waals surface area contributed by atoms with Gasteiger partial charge in [-0.3, -0.25) is 0 Å². The Labute approximate surface area is 107 Å². The highest BCUT2D eigenvalue weighted by atomic mass is 16.5. The molecule has 2 bridgehead atoms. The lowest BCUT2D eigenvalue weighted by atomic mass is 9.83. The summed E-state index contributed by atoms with van der Waals surface area (Å²) in [6.07, 6.45) is 4.50. The van der Waals surface area contributed by atoms with Crippen molar-refractivity contribution in [1.82, 2.24) is 0 Å². The van der Waals surface area contributed by atoms with Crippen LogP contribution in [0.4, 0.5) is 0 Å². The van der Waals surface area contributed by atoms with Crippen LogP contribution in [0.15, 0.2) is 24.3 Å². The number of benzene rings is 1. The third kappa shape index (κ3) is 2.14. The number of fused-ring (bicyclic) bond motifs is 2. The van der Waals surface area contributed by atoms with Crippen molar-refractivity contribution in [1.29, 1.82) is 5.26 Å². The summed E-state index contributed by atoms with van der Waals surface area (Å²) in [5.41, 5.74) is 0.922. The van der Waals surface area contributed by atoms with Crippen LogP contribution in [0.5, 0.6) is 0 Å². The van der Waals surface area contributed by atoms with Crippen LogP contribution >= 0.6 is 0 Å². The molecule has 1 aromatic rings. The van der Waals surface area contributed by atoms with Crippen molar-refractivity contribution >= 4 is 0 Å². The third-order valence-corrected chi connectivity index (χ3v) is 4.07. The fourth-order valence-corrected chi connectivity index (χ4v) is 3.29. The van der Waals surface area contributed by atoms with Gasteiger partial charge in [0.2, 0.25) is 0 Å². The van der Waals surface area contributed by atoms with Crippen molar-refractivity contribution in [3.05, 3.63) is 35.4 Å². The Hall–Kier alpha value is -1.37. The predicted octanol–water partition coefficient (Wildman–Crippen LogP) is 2.17. The fraction of sp³-hybridized carbons (Fsp3) is 0.533. The van der Waals surface area contributed by atoms with E-state index in [1.165, 1.54) is 0 Å². The standard InChI is InChI=1S/C15H17NO2/c16-10-12-4-2-1-3-11(12)7-15(17)8-13-5-6-14(9-15)18-13/h1-4,13-14,17H,5-9H2. The van der Waals surface area contributed by atoms with Gasteiger partial charge >= 0.3 is 0 Å². The van der Waals surface area contributed by atoms with Gasteiger partial charge in [-0.1, -0.05) is 18.2 Å². The Bertz CT molecular complexity index is 480. The molecule has 0 aliphatic carbocycles. The molecule has 2 atom stereocenters. The van der Waals surface area contributed by atoms with Gasteiger partial charge in [0.25, 0.3) is 0 Å². The Morgan fingerprint density at radius 3 is 2.61 bits per heavy atom. The minimum absolute atomic E-state index is 0.211.